The summed E-state index contributed by atoms with van der Waals surface area (Å²) in [5, 5.41) is 1.93. The molecule has 0 saturated carbocycles. The second kappa shape index (κ2) is 13.8. The van der Waals surface area contributed by atoms with E-state index < -0.39 is 0 Å². The van der Waals surface area contributed by atoms with Crippen molar-refractivity contribution in [1.29, 1.82) is 0 Å². The molecule has 0 radical (unpaired) electrons. The second-order valence-electron chi connectivity index (χ2n) is 3.54. The van der Waals surface area contributed by atoms with Gasteiger partial charge in [0.25, 0.3) is 0 Å². The molecule has 4 N–H and O–H groups in total. The fourth-order valence-electron chi connectivity index (χ4n) is 0.967. The topological polar surface area (TPSA) is 56.6 Å². The van der Waals surface area contributed by atoms with Crippen LogP contribution >= 0.6 is 0 Å². The Balaban J connectivity index is 0. The summed E-state index contributed by atoms with van der Waals surface area (Å²) in [5.41, 5.74) is 11.2. The predicted octanol–water partition coefficient (Wildman–Crippen LogP) is -0.136. The van der Waals surface area contributed by atoms with Crippen molar-refractivity contribution in [3.05, 3.63) is 0 Å². The lowest BCUT2D eigenvalue weighted by atomic mass is 10.4. The van der Waals surface area contributed by atoms with Gasteiger partial charge in [-0.3, -0.25) is 0 Å². The van der Waals surface area contributed by atoms with E-state index in [-0.39, 0.29) is 0 Å². The van der Waals surface area contributed by atoms with E-state index in [9.17, 15) is 0 Å². The molecule has 15 heavy (non-hydrogen) atoms. The SMILES string of the molecule is CCCN(NC)NC.CN(C)CCCN. The number of nitrogens with zero attached hydrogens (tertiary/aromatic N) is 2. The molecule has 5 nitrogen and oxygen atoms in total. The maximum atomic E-state index is 5.25. The Morgan fingerprint density at radius 1 is 1.07 bits per heavy atom. The number of hydrazine groups is 2. The Kier molecular flexibility index (Phi) is 15.8. The first-order valence-electron chi connectivity index (χ1n) is 5.59. The molecule has 94 valence electrons. The van der Waals surface area contributed by atoms with Gasteiger partial charge in [-0.25, -0.2) is 10.9 Å². The van der Waals surface area contributed by atoms with E-state index >= 15 is 0 Å². The molecule has 0 aliphatic carbocycles. The van der Waals surface area contributed by atoms with Gasteiger partial charge in [0.1, 0.15) is 0 Å². The van der Waals surface area contributed by atoms with Crippen LogP contribution in [0, 0.1) is 0 Å². The summed E-state index contributed by atoms with van der Waals surface area (Å²) in [7, 11) is 7.89. The largest absolute Gasteiger partial charge is 0.330 e. The van der Waals surface area contributed by atoms with Crippen LogP contribution in [0.1, 0.15) is 19.8 Å². The molecule has 0 heterocycles. The van der Waals surface area contributed by atoms with Crippen molar-refractivity contribution in [2.45, 2.75) is 19.8 Å². The Bertz CT molecular complexity index is 104. The highest BCUT2D eigenvalue weighted by molar-refractivity contribution is 4.42. The summed E-state index contributed by atoms with van der Waals surface area (Å²) < 4.78 is 0. The van der Waals surface area contributed by atoms with E-state index in [1.165, 1.54) is 0 Å². The highest BCUT2D eigenvalue weighted by atomic mass is 15.7. The van der Waals surface area contributed by atoms with Crippen molar-refractivity contribution in [2.24, 2.45) is 5.73 Å². The summed E-state index contributed by atoms with van der Waals surface area (Å²) in [6.45, 7) is 5.09. The highest BCUT2D eigenvalue weighted by Crippen LogP contribution is 1.77. The fourth-order valence-corrected chi connectivity index (χ4v) is 0.967. The number of hydrogen-bond acceptors (Lipinski definition) is 5. The molecule has 0 aliphatic rings. The second-order valence-corrected chi connectivity index (χ2v) is 3.54. The van der Waals surface area contributed by atoms with Crippen LogP contribution in [0.25, 0.3) is 0 Å². The van der Waals surface area contributed by atoms with Gasteiger partial charge in [-0.1, -0.05) is 6.92 Å². The molecule has 0 bridgehead atoms. The van der Waals surface area contributed by atoms with Gasteiger partial charge in [0.15, 0.2) is 0 Å². The van der Waals surface area contributed by atoms with Crippen molar-refractivity contribution in [1.82, 2.24) is 20.9 Å². The van der Waals surface area contributed by atoms with Crippen LogP contribution < -0.4 is 16.6 Å². The molecule has 0 unspecified atom stereocenters. The summed E-state index contributed by atoms with van der Waals surface area (Å²) >= 11 is 0. The molecular formula is C10H29N5. The number of nitrogens with two attached hydrogens (primary N) is 1. The highest BCUT2D eigenvalue weighted by Gasteiger charge is 1.91. The van der Waals surface area contributed by atoms with E-state index in [1.54, 1.807) is 0 Å². The van der Waals surface area contributed by atoms with Gasteiger partial charge in [0.05, 0.1) is 0 Å². The lowest BCUT2D eigenvalue weighted by molar-refractivity contribution is 0.146. The van der Waals surface area contributed by atoms with Crippen molar-refractivity contribution < 1.29 is 0 Å². The van der Waals surface area contributed by atoms with Gasteiger partial charge in [-0.05, 0) is 40.0 Å². The van der Waals surface area contributed by atoms with Gasteiger partial charge in [-0.2, -0.15) is 5.12 Å². The first-order valence-corrected chi connectivity index (χ1v) is 5.59. The molecular weight excluding hydrogens is 190 g/mol. The van der Waals surface area contributed by atoms with Crippen LogP contribution in [-0.4, -0.2) is 57.8 Å². The van der Waals surface area contributed by atoms with Crippen LogP contribution in [0.3, 0.4) is 0 Å². The summed E-state index contributed by atoms with van der Waals surface area (Å²) in [4.78, 5) is 2.13. The third kappa shape index (κ3) is 16.5. The Morgan fingerprint density at radius 3 is 1.73 bits per heavy atom. The van der Waals surface area contributed by atoms with E-state index in [0.717, 1.165) is 32.5 Å². The number of rotatable bonds is 7. The minimum absolute atomic E-state index is 0.804. The smallest absolute Gasteiger partial charge is 0.0285 e. The van der Waals surface area contributed by atoms with Gasteiger partial charge in [0.2, 0.25) is 0 Å². The Labute approximate surface area is 94.9 Å². The molecule has 0 aliphatic heterocycles. The van der Waals surface area contributed by atoms with Gasteiger partial charge < -0.3 is 10.6 Å². The van der Waals surface area contributed by atoms with Crippen LogP contribution in [0.5, 0.6) is 0 Å². The minimum Gasteiger partial charge on any atom is -0.330 e. The molecule has 0 aromatic heterocycles. The lowest BCUT2D eigenvalue weighted by Crippen LogP contribution is -2.44. The third-order valence-corrected chi connectivity index (χ3v) is 1.80. The zero-order chi connectivity index (χ0) is 12.1. The molecule has 5 heteroatoms. The van der Waals surface area contributed by atoms with Gasteiger partial charge >= 0.3 is 0 Å². The zero-order valence-electron chi connectivity index (χ0n) is 11.0. The quantitative estimate of drug-likeness (QED) is 0.521. The van der Waals surface area contributed by atoms with E-state index in [0.29, 0.717) is 0 Å². The maximum Gasteiger partial charge on any atom is 0.0285 e. The van der Waals surface area contributed by atoms with E-state index in [4.69, 9.17) is 5.73 Å². The van der Waals surface area contributed by atoms with E-state index in [2.05, 4.69) is 36.8 Å². The van der Waals surface area contributed by atoms with Gasteiger partial charge in [0, 0.05) is 20.6 Å². The Morgan fingerprint density at radius 2 is 1.60 bits per heavy atom. The summed E-state index contributed by atoms with van der Waals surface area (Å²) in [6, 6.07) is 0. The third-order valence-electron chi connectivity index (χ3n) is 1.80. The standard InChI is InChI=1S/C5H15N3.C5H14N2/c1-4-5-8(6-2)7-3;1-7(2)5-3-4-6/h6-7H,4-5H2,1-3H3;3-6H2,1-2H3. The van der Waals surface area contributed by atoms with Crippen molar-refractivity contribution in [3.63, 3.8) is 0 Å². The first kappa shape index (κ1) is 17.2. The normalized spacial score (nSPS) is 10.4. The molecule has 0 spiro atoms. The van der Waals surface area contributed by atoms with Crippen molar-refractivity contribution in [2.75, 3.05) is 47.8 Å². The predicted molar refractivity (Wildman–Crippen MR) is 67.3 cm³/mol. The zero-order valence-corrected chi connectivity index (χ0v) is 11.0. The molecule has 0 rings (SSSR count). The van der Waals surface area contributed by atoms with Crippen molar-refractivity contribution in [3.8, 4) is 0 Å². The average molecular weight is 219 g/mol. The fraction of sp³-hybridized carbons (Fsp3) is 1.00. The monoisotopic (exact) mass is 219 g/mol. The van der Waals surface area contributed by atoms with Gasteiger partial charge in [-0.15, -0.1) is 0 Å². The summed E-state index contributed by atoms with van der Waals surface area (Å²) in [5.74, 6) is 0. The van der Waals surface area contributed by atoms with Crippen LogP contribution in [-0.2, 0) is 0 Å². The number of nitrogens with one attached hydrogen (secondary N) is 2. The van der Waals surface area contributed by atoms with Crippen molar-refractivity contribution >= 4 is 0 Å². The molecule has 0 aromatic carbocycles. The molecule has 0 fully saturated rings. The van der Waals surface area contributed by atoms with Crippen LogP contribution in [0.4, 0.5) is 0 Å². The number of hydrogen-bond donors (Lipinski definition) is 3. The molecule has 0 aromatic rings. The molecule has 0 atom stereocenters. The maximum absolute atomic E-state index is 5.25. The average Bonchev–Trinajstić information content (AvgIpc) is 2.23. The Hall–Kier alpha value is -0.200. The first-order chi connectivity index (χ1) is 7.12. The molecule has 0 amide bonds. The summed E-state index contributed by atoms with van der Waals surface area (Å²) in [6.07, 6.45) is 2.26. The van der Waals surface area contributed by atoms with Crippen LogP contribution in [0.15, 0.2) is 0 Å². The van der Waals surface area contributed by atoms with E-state index in [1.807, 2.05) is 19.2 Å². The minimum atomic E-state index is 0.804. The van der Waals surface area contributed by atoms with Crippen LogP contribution in [0.2, 0.25) is 0 Å². The molecule has 0 saturated heterocycles. The lowest BCUT2D eigenvalue weighted by Gasteiger charge is -2.17.